The van der Waals surface area contributed by atoms with Crippen LogP contribution in [0.15, 0.2) is 6.07 Å². The maximum atomic E-state index is 5.66. The van der Waals surface area contributed by atoms with Crippen molar-refractivity contribution in [1.82, 2.24) is 0 Å². The molecule has 0 aromatic heterocycles. The Balaban J connectivity index is 2.91. The van der Waals surface area contributed by atoms with Crippen molar-refractivity contribution in [3.8, 4) is 0 Å². The molecule has 0 aliphatic heterocycles. The first-order chi connectivity index (χ1) is 8.28. The molecule has 0 aliphatic rings. The normalized spacial score (nSPS) is 11.7. The molecule has 0 amide bonds. The van der Waals surface area contributed by atoms with Crippen LogP contribution in [0.1, 0.15) is 42.5 Å². The highest BCUT2D eigenvalue weighted by Crippen LogP contribution is 2.28. The van der Waals surface area contributed by atoms with Crippen molar-refractivity contribution in [3.63, 3.8) is 0 Å². The van der Waals surface area contributed by atoms with Gasteiger partial charge in [-0.2, -0.15) is 0 Å². The van der Waals surface area contributed by atoms with Crippen molar-refractivity contribution in [2.45, 2.75) is 48.0 Å². The minimum Gasteiger partial charge on any atom is -0.384 e. The van der Waals surface area contributed by atoms with Crippen LogP contribution in [-0.2, 0) is 0 Å². The molecule has 0 fully saturated rings. The van der Waals surface area contributed by atoms with E-state index in [2.05, 4.69) is 52.9 Å². The molecule has 1 aromatic rings. The first kappa shape index (κ1) is 15.0. The van der Waals surface area contributed by atoms with Crippen LogP contribution in [0.5, 0.6) is 0 Å². The molecule has 102 valence electrons. The van der Waals surface area contributed by atoms with Gasteiger partial charge in [-0.3, -0.25) is 0 Å². The quantitative estimate of drug-likeness (QED) is 0.833. The van der Waals surface area contributed by atoms with E-state index in [1.54, 1.807) is 0 Å². The van der Waals surface area contributed by atoms with Gasteiger partial charge in [-0.05, 0) is 68.3 Å². The number of anilines is 1. The van der Waals surface area contributed by atoms with E-state index in [4.69, 9.17) is 5.73 Å². The second-order valence-electron chi connectivity index (χ2n) is 6.19. The van der Waals surface area contributed by atoms with Crippen molar-refractivity contribution in [2.75, 3.05) is 18.4 Å². The highest BCUT2D eigenvalue weighted by atomic mass is 14.9. The molecule has 2 heteroatoms. The zero-order chi connectivity index (χ0) is 13.9. The molecule has 0 unspecified atom stereocenters. The minimum atomic E-state index is 0.241. The number of hydrogen-bond acceptors (Lipinski definition) is 2. The molecule has 1 rings (SSSR count). The van der Waals surface area contributed by atoms with Crippen LogP contribution in [0.3, 0.4) is 0 Å². The third-order valence-corrected chi connectivity index (χ3v) is 3.93. The van der Waals surface area contributed by atoms with Gasteiger partial charge in [-0.15, -0.1) is 0 Å². The second-order valence-corrected chi connectivity index (χ2v) is 6.19. The fourth-order valence-electron chi connectivity index (χ4n) is 2.29. The number of nitrogens with one attached hydrogen (secondary N) is 1. The van der Waals surface area contributed by atoms with Gasteiger partial charge < -0.3 is 11.1 Å². The van der Waals surface area contributed by atoms with Crippen LogP contribution >= 0.6 is 0 Å². The standard InChI is InChI=1S/C16H28N2/c1-11-9-12(2)14(4)15(13(11)3)18-10-16(5,6)7-8-17/h9,18H,7-8,10,17H2,1-6H3. The summed E-state index contributed by atoms with van der Waals surface area (Å²) < 4.78 is 0. The van der Waals surface area contributed by atoms with E-state index in [9.17, 15) is 0 Å². The molecule has 0 saturated carbocycles. The fourth-order valence-corrected chi connectivity index (χ4v) is 2.29. The predicted octanol–water partition coefficient (Wildman–Crippen LogP) is 3.71. The van der Waals surface area contributed by atoms with Gasteiger partial charge in [0.25, 0.3) is 0 Å². The van der Waals surface area contributed by atoms with Gasteiger partial charge in [0, 0.05) is 12.2 Å². The lowest BCUT2D eigenvalue weighted by atomic mass is 9.88. The lowest BCUT2D eigenvalue weighted by molar-refractivity contribution is 0.365. The Morgan fingerprint density at radius 3 is 2.00 bits per heavy atom. The SMILES string of the molecule is Cc1cc(C)c(C)c(NCC(C)(C)CCN)c1C. The topological polar surface area (TPSA) is 38.0 Å². The van der Waals surface area contributed by atoms with Gasteiger partial charge in [0.15, 0.2) is 0 Å². The number of aryl methyl sites for hydroxylation is 2. The molecule has 1 aromatic carbocycles. The van der Waals surface area contributed by atoms with E-state index >= 15 is 0 Å². The minimum absolute atomic E-state index is 0.241. The average molecular weight is 248 g/mol. The molecule has 0 heterocycles. The summed E-state index contributed by atoms with van der Waals surface area (Å²) in [5, 5.41) is 3.63. The Labute approximate surface area is 112 Å². The maximum Gasteiger partial charge on any atom is 0.0405 e. The summed E-state index contributed by atoms with van der Waals surface area (Å²) >= 11 is 0. The van der Waals surface area contributed by atoms with Gasteiger partial charge in [0.05, 0.1) is 0 Å². The molecule has 0 saturated heterocycles. The monoisotopic (exact) mass is 248 g/mol. The summed E-state index contributed by atoms with van der Waals surface area (Å²) in [6.07, 6.45) is 1.04. The Hall–Kier alpha value is -1.02. The van der Waals surface area contributed by atoms with E-state index in [1.807, 2.05) is 0 Å². The van der Waals surface area contributed by atoms with Gasteiger partial charge >= 0.3 is 0 Å². The summed E-state index contributed by atoms with van der Waals surface area (Å²) in [5.74, 6) is 0. The van der Waals surface area contributed by atoms with Crippen molar-refractivity contribution in [3.05, 3.63) is 28.3 Å². The smallest absolute Gasteiger partial charge is 0.0405 e. The van der Waals surface area contributed by atoms with Gasteiger partial charge in [-0.1, -0.05) is 19.9 Å². The van der Waals surface area contributed by atoms with Crippen LogP contribution in [-0.4, -0.2) is 13.1 Å². The Morgan fingerprint density at radius 2 is 1.56 bits per heavy atom. The van der Waals surface area contributed by atoms with Crippen LogP contribution in [0.4, 0.5) is 5.69 Å². The largest absolute Gasteiger partial charge is 0.384 e. The molecule has 3 N–H and O–H groups in total. The molecule has 0 bridgehead atoms. The predicted molar refractivity (Wildman–Crippen MR) is 81.3 cm³/mol. The molecule has 18 heavy (non-hydrogen) atoms. The highest BCUT2D eigenvalue weighted by molar-refractivity contribution is 5.62. The molecule has 0 aliphatic carbocycles. The van der Waals surface area contributed by atoms with E-state index in [-0.39, 0.29) is 5.41 Å². The molecule has 0 atom stereocenters. The third kappa shape index (κ3) is 3.49. The highest BCUT2D eigenvalue weighted by Gasteiger charge is 2.17. The van der Waals surface area contributed by atoms with E-state index in [0.717, 1.165) is 19.5 Å². The number of benzene rings is 1. The lowest BCUT2D eigenvalue weighted by Gasteiger charge is -2.27. The third-order valence-electron chi connectivity index (χ3n) is 3.93. The van der Waals surface area contributed by atoms with Crippen molar-refractivity contribution < 1.29 is 0 Å². The number of rotatable bonds is 5. The Kier molecular flexibility index (Phi) is 4.80. The zero-order valence-electron chi connectivity index (χ0n) is 12.8. The van der Waals surface area contributed by atoms with Crippen LogP contribution < -0.4 is 11.1 Å². The number of hydrogen-bond donors (Lipinski definition) is 2. The summed E-state index contributed by atoms with van der Waals surface area (Å²) in [6, 6.07) is 2.26. The molecular weight excluding hydrogens is 220 g/mol. The summed E-state index contributed by atoms with van der Waals surface area (Å²) in [6.45, 7) is 15.0. The van der Waals surface area contributed by atoms with E-state index in [0.29, 0.717) is 0 Å². The van der Waals surface area contributed by atoms with E-state index in [1.165, 1.54) is 27.9 Å². The van der Waals surface area contributed by atoms with Crippen LogP contribution in [0.25, 0.3) is 0 Å². The maximum absolute atomic E-state index is 5.66. The lowest BCUT2D eigenvalue weighted by Crippen LogP contribution is -2.26. The average Bonchev–Trinajstić information content (AvgIpc) is 2.26. The van der Waals surface area contributed by atoms with Gasteiger partial charge in [0.2, 0.25) is 0 Å². The van der Waals surface area contributed by atoms with Crippen molar-refractivity contribution >= 4 is 5.69 Å². The molecule has 0 radical (unpaired) electrons. The molecular formula is C16H28N2. The Bertz CT molecular complexity index is 393. The van der Waals surface area contributed by atoms with Gasteiger partial charge in [-0.25, -0.2) is 0 Å². The van der Waals surface area contributed by atoms with Crippen LogP contribution in [0, 0.1) is 33.1 Å². The summed E-state index contributed by atoms with van der Waals surface area (Å²) in [4.78, 5) is 0. The summed E-state index contributed by atoms with van der Waals surface area (Å²) in [5.41, 5.74) is 12.7. The number of nitrogens with two attached hydrogens (primary N) is 1. The second kappa shape index (κ2) is 5.75. The summed E-state index contributed by atoms with van der Waals surface area (Å²) in [7, 11) is 0. The molecule has 2 nitrogen and oxygen atoms in total. The molecule has 0 spiro atoms. The van der Waals surface area contributed by atoms with Gasteiger partial charge in [0.1, 0.15) is 0 Å². The fraction of sp³-hybridized carbons (Fsp3) is 0.625. The Morgan fingerprint density at radius 1 is 1.06 bits per heavy atom. The van der Waals surface area contributed by atoms with Crippen molar-refractivity contribution in [1.29, 1.82) is 0 Å². The van der Waals surface area contributed by atoms with Crippen LogP contribution in [0.2, 0.25) is 0 Å². The van der Waals surface area contributed by atoms with Crippen molar-refractivity contribution in [2.24, 2.45) is 11.1 Å². The van der Waals surface area contributed by atoms with E-state index < -0.39 is 0 Å². The zero-order valence-corrected chi connectivity index (χ0v) is 12.8. The first-order valence-corrected chi connectivity index (χ1v) is 6.80. The first-order valence-electron chi connectivity index (χ1n) is 6.80.